The molecule has 1 aromatic carbocycles. The van der Waals surface area contributed by atoms with Gasteiger partial charge in [0.05, 0.1) is 24.4 Å². The van der Waals surface area contributed by atoms with Crippen LogP contribution in [0.4, 0.5) is 11.5 Å². The Morgan fingerprint density at radius 1 is 0.821 bits per heavy atom. The number of benzene rings is 1. The van der Waals surface area contributed by atoms with Gasteiger partial charge in [0.25, 0.3) is 0 Å². The fraction of sp³-hybridized carbons (Fsp3) is 0.391. The zero-order chi connectivity index (χ0) is 18.8. The molecule has 2 aromatic heterocycles. The Kier molecular flexibility index (Phi) is 4.83. The van der Waals surface area contributed by atoms with Crippen LogP contribution in [0.25, 0.3) is 22.2 Å². The summed E-state index contributed by atoms with van der Waals surface area (Å²) in [5, 5.41) is 1.15. The smallest absolute Gasteiger partial charge is 0.138 e. The maximum absolute atomic E-state index is 5.46. The Hall–Kier alpha value is -2.66. The van der Waals surface area contributed by atoms with Crippen LogP contribution < -0.4 is 9.80 Å². The molecule has 2 aliphatic heterocycles. The first-order valence-corrected chi connectivity index (χ1v) is 10.3. The third-order valence-electron chi connectivity index (χ3n) is 5.77. The predicted molar refractivity (Wildman–Crippen MR) is 114 cm³/mol. The van der Waals surface area contributed by atoms with Gasteiger partial charge in [0.2, 0.25) is 0 Å². The first-order valence-electron chi connectivity index (χ1n) is 10.3. The molecule has 0 aliphatic carbocycles. The van der Waals surface area contributed by atoms with Crippen LogP contribution in [0, 0.1) is 0 Å². The van der Waals surface area contributed by atoms with Crippen molar-refractivity contribution < 1.29 is 4.74 Å². The van der Waals surface area contributed by atoms with Crippen LogP contribution in [0.1, 0.15) is 19.3 Å². The molecule has 0 saturated carbocycles. The summed E-state index contributed by atoms with van der Waals surface area (Å²) in [6.45, 7) is 5.68. The van der Waals surface area contributed by atoms with Crippen LogP contribution in [0.2, 0.25) is 0 Å². The van der Waals surface area contributed by atoms with Crippen molar-refractivity contribution in [1.29, 1.82) is 0 Å². The Bertz CT molecular complexity index is 944. The zero-order valence-electron chi connectivity index (χ0n) is 16.2. The average Bonchev–Trinajstić information content (AvgIpc) is 2.79. The molecule has 5 nitrogen and oxygen atoms in total. The molecule has 5 heteroatoms. The lowest BCUT2D eigenvalue weighted by Crippen LogP contribution is -2.36. The highest BCUT2D eigenvalue weighted by molar-refractivity contribution is 5.92. The van der Waals surface area contributed by atoms with Crippen molar-refractivity contribution in [2.45, 2.75) is 19.3 Å². The van der Waals surface area contributed by atoms with E-state index in [4.69, 9.17) is 9.72 Å². The number of fused-ring (bicyclic) bond motifs is 1. The Labute approximate surface area is 166 Å². The van der Waals surface area contributed by atoms with Crippen molar-refractivity contribution in [3.8, 4) is 11.3 Å². The molecule has 0 bridgehead atoms. The van der Waals surface area contributed by atoms with Gasteiger partial charge in [0.15, 0.2) is 0 Å². The number of nitrogens with zero attached hydrogens (tertiary/aromatic N) is 4. The van der Waals surface area contributed by atoms with Crippen LogP contribution >= 0.6 is 0 Å². The summed E-state index contributed by atoms with van der Waals surface area (Å²) in [7, 11) is 0. The lowest BCUT2D eigenvalue weighted by Gasteiger charge is -2.29. The molecule has 28 heavy (non-hydrogen) atoms. The van der Waals surface area contributed by atoms with Crippen LogP contribution in [-0.4, -0.2) is 49.4 Å². The summed E-state index contributed by atoms with van der Waals surface area (Å²) >= 11 is 0. The fourth-order valence-electron chi connectivity index (χ4n) is 4.22. The Balaban J connectivity index is 1.51. The van der Waals surface area contributed by atoms with Gasteiger partial charge < -0.3 is 14.5 Å². The number of anilines is 2. The number of piperidine rings is 1. The second kappa shape index (κ2) is 7.76. The number of morpholine rings is 1. The molecule has 0 N–H and O–H groups in total. The van der Waals surface area contributed by atoms with E-state index in [1.54, 1.807) is 0 Å². The van der Waals surface area contributed by atoms with Gasteiger partial charge in [-0.3, -0.25) is 4.98 Å². The summed E-state index contributed by atoms with van der Waals surface area (Å²) < 4.78 is 5.46. The first kappa shape index (κ1) is 17.4. The molecular formula is C23H26N4O. The van der Waals surface area contributed by atoms with Crippen LogP contribution in [0.3, 0.4) is 0 Å². The maximum atomic E-state index is 5.46. The van der Waals surface area contributed by atoms with Crippen molar-refractivity contribution >= 4 is 22.4 Å². The summed E-state index contributed by atoms with van der Waals surface area (Å²) in [4.78, 5) is 14.5. The van der Waals surface area contributed by atoms with Gasteiger partial charge >= 0.3 is 0 Å². The Morgan fingerprint density at radius 3 is 2.39 bits per heavy atom. The van der Waals surface area contributed by atoms with E-state index in [0.717, 1.165) is 67.4 Å². The largest absolute Gasteiger partial charge is 0.378 e. The molecule has 2 aliphatic rings. The molecule has 2 saturated heterocycles. The highest BCUT2D eigenvalue weighted by Gasteiger charge is 2.17. The molecule has 144 valence electrons. The highest BCUT2D eigenvalue weighted by Crippen LogP contribution is 2.31. The van der Waals surface area contributed by atoms with Crippen LogP contribution in [-0.2, 0) is 4.74 Å². The van der Waals surface area contributed by atoms with E-state index in [0.29, 0.717) is 0 Å². The molecule has 0 unspecified atom stereocenters. The van der Waals surface area contributed by atoms with Crippen molar-refractivity contribution in [3.05, 3.63) is 48.7 Å². The second-order valence-electron chi connectivity index (χ2n) is 7.60. The molecular weight excluding hydrogens is 348 g/mol. The monoisotopic (exact) mass is 374 g/mol. The summed E-state index contributed by atoms with van der Waals surface area (Å²) in [6, 6.07) is 15.0. The fourth-order valence-corrected chi connectivity index (χ4v) is 4.22. The van der Waals surface area contributed by atoms with E-state index in [9.17, 15) is 0 Å². The quantitative estimate of drug-likeness (QED) is 0.690. The number of ether oxygens (including phenoxy) is 1. The summed E-state index contributed by atoms with van der Waals surface area (Å²) in [5.74, 6) is 1.08. The van der Waals surface area contributed by atoms with Gasteiger partial charge in [-0.15, -0.1) is 0 Å². The number of hydrogen-bond acceptors (Lipinski definition) is 5. The van der Waals surface area contributed by atoms with Crippen LogP contribution in [0.15, 0.2) is 48.7 Å². The third-order valence-corrected chi connectivity index (χ3v) is 5.77. The zero-order valence-corrected chi connectivity index (χ0v) is 16.2. The first-order chi connectivity index (χ1) is 13.9. The van der Waals surface area contributed by atoms with E-state index in [2.05, 4.69) is 51.2 Å². The van der Waals surface area contributed by atoms with Crippen molar-refractivity contribution in [2.75, 3.05) is 49.2 Å². The molecule has 2 fully saturated rings. The molecule has 3 aromatic rings. The van der Waals surface area contributed by atoms with E-state index < -0.39 is 0 Å². The van der Waals surface area contributed by atoms with Crippen molar-refractivity contribution in [2.24, 2.45) is 0 Å². The molecule has 0 atom stereocenters. The van der Waals surface area contributed by atoms with Crippen LogP contribution in [0.5, 0.6) is 0 Å². The van der Waals surface area contributed by atoms with E-state index in [1.165, 1.54) is 24.9 Å². The van der Waals surface area contributed by atoms with Gasteiger partial charge in [-0.05, 0) is 49.6 Å². The van der Waals surface area contributed by atoms with Crippen molar-refractivity contribution in [1.82, 2.24) is 9.97 Å². The molecule has 0 amide bonds. The lowest BCUT2D eigenvalue weighted by molar-refractivity contribution is 0.122. The molecule has 0 spiro atoms. The molecule has 0 radical (unpaired) electrons. The average molecular weight is 374 g/mol. The van der Waals surface area contributed by atoms with E-state index in [-0.39, 0.29) is 0 Å². The minimum absolute atomic E-state index is 0.804. The molecule has 5 rings (SSSR count). The number of aromatic nitrogens is 2. The summed E-state index contributed by atoms with van der Waals surface area (Å²) in [5.41, 5.74) is 4.41. The van der Waals surface area contributed by atoms with E-state index >= 15 is 0 Å². The minimum Gasteiger partial charge on any atom is -0.378 e. The third kappa shape index (κ3) is 3.42. The normalized spacial score (nSPS) is 17.9. The number of rotatable bonds is 3. The van der Waals surface area contributed by atoms with E-state index in [1.807, 2.05) is 12.3 Å². The summed E-state index contributed by atoms with van der Waals surface area (Å²) in [6.07, 6.45) is 5.66. The standard InChI is InChI=1S/C23H26N4O/c1-2-11-27(12-3-1)23-20-5-4-10-24-22(20)17-21(25-23)18-6-8-19(9-7-18)26-13-15-28-16-14-26/h4-10,17H,1-3,11-16H2. The number of hydrogen-bond donors (Lipinski definition) is 0. The SMILES string of the molecule is c1cnc2cc(-c3ccc(N4CCOCC4)cc3)nc(N3CCCCC3)c2c1. The van der Waals surface area contributed by atoms with Crippen molar-refractivity contribution in [3.63, 3.8) is 0 Å². The molecule has 4 heterocycles. The Morgan fingerprint density at radius 2 is 1.61 bits per heavy atom. The maximum Gasteiger partial charge on any atom is 0.138 e. The predicted octanol–water partition coefficient (Wildman–Crippen LogP) is 4.12. The van der Waals surface area contributed by atoms with Gasteiger partial charge in [-0.25, -0.2) is 4.98 Å². The van der Waals surface area contributed by atoms with Gasteiger partial charge in [0.1, 0.15) is 5.82 Å². The highest BCUT2D eigenvalue weighted by atomic mass is 16.5. The second-order valence-corrected chi connectivity index (χ2v) is 7.60. The lowest BCUT2D eigenvalue weighted by atomic mass is 10.1. The topological polar surface area (TPSA) is 41.5 Å². The van der Waals surface area contributed by atoms with Gasteiger partial charge in [-0.2, -0.15) is 0 Å². The van der Waals surface area contributed by atoms with Gasteiger partial charge in [0, 0.05) is 49.0 Å². The minimum atomic E-state index is 0.804. The number of pyridine rings is 2. The van der Waals surface area contributed by atoms with Gasteiger partial charge in [-0.1, -0.05) is 12.1 Å².